The molecule has 2 aromatic heterocycles. The molecule has 0 aliphatic rings. The average molecular weight is 311 g/mol. The molecule has 0 aromatic carbocycles. The van der Waals surface area contributed by atoms with Crippen molar-refractivity contribution in [3.63, 3.8) is 0 Å². The number of nitrogens with zero attached hydrogens (tertiary/aromatic N) is 2. The van der Waals surface area contributed by atoms with Gasteiger partial charge in [0.15, 0.2) is 0 Å². The van der Waals surface area contributed by atoms with Crippen molar-refractivity contribution >= 4 is 34.6 Å². The zero-order valence-corrected chi connectivity index (χ0v) is 13.3. The normalized spacial score (nSPS) is 10.6. The summed E-state index contributed by atoms with van der Waals surface area (Å²) in [5, 5.41) is 6.57. The van der Waals surface area contributed by atoms with Gasteiger partial charge >= 0.3 is 0 Å². The zero-order valence-electron chi connectivity index (χ0n) is 11.7. The fourth-order valence-corrected chi connectivity index (χ4v) is 2.85. The van der Waals surface area contributed by atoms with Gasteiger partial charge in [-0.05, 0) is 25.5 Å². The summed E-state index contributed by atoms with van der Waals surface area (Å²) < 4.78 is 0.810. The molecule has 0 aliphatic heterocycles. The predicted octanol–water partition coefficient (Wildman–Crippen LogP) is 4.19. The smallest absolute Gasteiger partial charge is 0.133 e. The van der Waals surface area contributed by atoms with E-state index in [0.29, 0.717) is 0 Å². The van der Waals surface area contributed by atoms with Crippen LogP contribution in [-0.4, -0.2) is 16.5 Å². The molecule has 0 atom stereocenters. The van der Waals surface area contributed by atoms with Gasteiger partial charge in [0.1, 0.15) is 17.5 Å². The summed E-state index contributed by atoms with van der Waals surface area (Å²) in [7, 11) is 0. The quantitative estimate of drug-likeness (QED) is 0.805. The first kappa shape index (κ1) is 15.1. The Hall–Kier alpha value is -1.33. The lowest BCUT2D eigenvalue weighted by Crippen LogP contribution is -2.07. The van der Waals surface area contributed by atoms with Gasteiger partial charge in [-0.1, -0.05) is 18.5 Å². The van der Waals surface area contributed by atoms with E-state index in [4.69, 9.17) is 11.6 Å². The van der Waals surface area contributed by atoms with E-state index in [-0.39, 0.29) is 0 Å². The Bertz CT molecular complexity index is 532. The Balaban J connectivity index is 2.08. The summed E-state index contributed by atoms with van der Waals surface area (Å²) in [5.41, 5.74) is 0. The van der Waals surface area contributed by atoms with E-state index in [1.54, 1.807) is 11.3 Å². The van der Waals surface area contributed by atoms with E-state index in [1.807, 2.05) is 18.2 Å². The van der Waals surface area contributed by atoms with Gasteiger partial charge in [-0.2, -0.15) is 0 Å². The number of anilines is 2. The molecule has 0 aliphatic carbocycles. The molecule has 0 bridgehead atoms. The van der Waals surface area contributed by atoms with Crippen LogP contribution in [0.25, 0.3) is 0 Å². The van der Waals surface area contributed by atoms with E-state index in [0.717, 1.165) is 47.7 Å². The van der Waals surface area contributed by atoms with Gasteiger partial charge in [0.2, 0.25) is 0 Å². The van der Waals surface area contributed by atoms with Crippen LogP contribution in [0.1, 0.15) is 31.0 Å². The fraction of sp³-hybridized carbons (Fsp3) is 0.429. The largest absolute Gasteiger partial charge is 0.370 e. The minimum atomic E-state index is 0.728. The zero-order chi connectivity index (χ0) is 14.4. The Morgan fingerprint density at radius 3 is 2.50 bits per heavy atom. The van der Waals surface area contributed by atoms with Crippen molar-refractivity contribution in [1.82, 2.24) is 9.97 Å². The van der Waals surface area contributed by atoms with E-state index in [1.165, 1.54) is 4.88 Å². The summed E-state index contributed by atoms with van der Waals surface area (Å²) in [6.07, 6.45) is 1.92. The van der Waals surface area contributed by atoms with Crippen LogP contribution < -0.4 is 10.6 Å². The molecule has 0 spiro atoms. The lowest BCUT2D eigenvalue weighted by molar-refractivity contribution is 0.834. The lowest BCUT2D eigenvalue weighted by Gasteiger charge is -2.09. The number of aryl methyl sites for hydroxylation is 1. The van der Waals surface area contributed by atoms with Gasteiger partial charge in [0.05, 0.1) is 10.9 Å². The second-order valence-electron chi connectivity index (χ2n) is 4.39. The van der Waals surface area contributed by atoms with Crippen LogP contribution >= 0.6 is 22.9 Å². The molecule has 6 heteroatoms. The van der Waals surface area contributed by atoms with E-state index < -0.39 is 0 Å². The second-order valence-corrected chi connectivity index (χ2v) is 6.19. The monoisotopic (exact) mass is 310 g/mol. The van der Waals surface area contributed by atoms with Gasteiger partial charge in [-0.15, -0.1) is 11.3 Å². The van der Waals surface area contributed by atoms with Gasteiger partial charge in [0, 0.05) is 23.9 Å². The fourth-order valence-electron chi connectivity index (χ4n) is 1.82. The van der Waals surface area contributed by atoms with Gasteiger partial charge in [-0.3, -0.25) is 0 Å². The number of hydrogen-bond donors (Lipinski definition) is 2. The second kappa shape index (κ2) is 7.45. The third kappa shape index (κ3) is 4.35. The highest BCUT2D eigenvalue weighted by atomic mass is 35.5. The third-order valence-electron chi connectivity index (χ3n) is 2.68. The molecule has 0 saturated carbocycles. The molecule has 0 unspecified atom stereocenters. The maximum absolute atomic E-state index is 5.93. The van der Waals surface area contributed by atoms with Crippen LogP contribution in [0.15, 0.2) is 18.2 Å². The van der Waals surface area contributed by atoms with E-state index in [2.05, 4.69) is 34.4 Å². The van der Waals surface area contributed by atoms with Crippen molar-refractivity contribution in [3.05, 3.63) is 33.2 Å². The van der Waals surface area contributed by atoms with Crippen LogP contribution in [0.5, 0.6) is 0 Å². The number of halogens is 1. The number of hydrogen-bond acceptors (Lipinski definition) is 5. The van der Waals surface area contributed by atoms with Gasteiger partial charge in [0.25, 0.3) is 0 Å². The van der Waals surface area contributed by atoms with Crippen molar-refractivity contribution in [1.29, 1.82) is 0 Å². The van der Waals surface area contributed by atoms with Crippen LogP contribution in [0.2, 0.25) is 4.34 Å². The van der Waals surface area contributed by atoms with Crippen molar-refractivity contribution in [3.8, 4) is 0 Å². The first-order valence-corrected chi connectivity index (χ1v) is 8.00. The molecular weight excluding hydrogens is 292 g/mol. The van der Waals surface area contributed by atoms with Crippen molar-refractivity contribution in [2.75, 3.05) is 17.2 Å². The van der Waals surface area contributed by atoms with E-state index in [9.17, 15) is 0 Å². The molecule has 2 heterocycles. The van der Waals surface area contributed by atoms with E-state index >= 15 is 0 Å². The summed E-state index contributed by atoms with van der Waals surface area (Å²) >= 11 is 7.51. The van der Waals surface area contributed by atoms with Gasteiger partial charge < -0.3 is 10.6 Å². The maximum atomic E-state index is 5.93. The number of thiophene rings is 1. The Morgan fingerprint density at radius 1 is 1.15 bits per heavy atom. The summed E-state index contributed by atoms with van der Waals surface area (Å²) in [5.74, 6) is 2.60. The topological polar surface area (TPSA) is 49.8 Å². The SMILES string of the molecule is CCCc1nc(NCC)cc(NCc2ccc(Cl)s2)n1. The molecule has 4 nitrogen and oxygen atoms in total. The summed E-state index contributed by atoms with van der Waals surface area (Å²) in [4.78, 5) is 10.2. The minimum Gasteiger partial charge on any atom is -0.370 e. The minimum absolute atomic E-state index is 0.728. The third-order valence-corrected chi connectivity index (χ3v) is 3.91. The van der Waals surface area contributed by atoms with Crippen molar-refractivity contribution in [2.45, 2.75) is 33.2 Å². The van der Waals surface area contributed by atoms with Crippen LogP contribution in [-0.2, 0) is 13.0 Å². The molecule has 108 valence electrons. The molecule has 0 saturated heterocycles. The molecule has 20 heavy (non-hydrogen) atoms. The molecule has 2 aromatic rings. The molecular formula is C14H19ClN4S. The van der Waals surface area contributed by atoms with Crippen LogP contribution in [0, 0.1) is 0 Å². The molecule has 0 fully saturated rings. The highest BCUT2D eigenvalue weighted by Gasteiger charge is 2.05. The number of aromatic nitrogens is 2. The summed E-state index contributed by atoms with van der Waals surface area (Å²) in [6, 6.07) is 5.88. The Kier molecular flexibility index (Phi) is 5.61. The first-order chi connectivity index (χ1) is 9.71. The predicted molar refractivity (Wildman–Crippen MR) is 86.8 cm³/mol. The standard InChI is InChI=1S/C14H19ClN4S/c1-3-5-12-18-13(16-4-2)8-14(19-12)17-9-10-6-7-11(15)20-10/h6-8H,3-5,9H2,1-2H3,(H2,16,17,18,19). The van der Waals surface area contributed by atoms with Crippen molar-refractivity contribution < 1.29 is 0 Å². The molecule has 0 amide bonds. The average Bonchev–Trinajstić information content (AvgIpc) is 2.83. The summed E-state index contributed by atoms with van der Waals surface area (Å²) in [6.45, 7) is 5.76. The Labute approximate surface area is 128 Å². The van der Waals surface area contributed by atoms with Crippen molar-refractivity contribution in [2.24, 2.45) is 0 Å². The van der Waals surface area contributed by atoms with Crippen LogP contribution in [0.3, 0.4) is 0 Å². The number of nitrogens with one attached hydrogen (secondary N) is 2. The first-order valence-electron chi connectivity index (χ1n) is 6.81. The molecule has 2 rings (SSSR count). The number of rotatable bonds is 7. The highest BCUT2D eigenvalue weighted by Crippen LogP contribution is 2.22. The van der Waals surface area contributed by atoms with Gasteiger partial charge in [-0.25, -0.2) is 9.97 Å². The highest BCUT2D eigenvalue weighted by molar-refractivity contribution is 7.16. The maximum Gasteiger partial charge on any atom is 0.133 e. The molecule has 2 N–H and O–H groups in total. The molecule has 0 radical (unpaired) electrons. The Morgan fingerprint density at radius 2 is 1.90 bits per heavy atom. The lowest BCUT2D eigenvalue weighted by atomic mass is 10.3. The van der Waals surface area contributed by atoms with Crippen LogP contribution in [0.4, 0.5) is 11.6 Å².